The highest BCUT2D eigenvalue weighted by Gasteiger charge is 2.54. The Balaban J connectivity index is 2.23. The Labute approximate surface area is 124 Å². The summed E-state index contributed by atoms with van der Waals surface area (Å²) >= 11 is 0. The molecule has 1 aromatic carbocycles. The Bertz CT molecular complexity index is 622. The fourth-order valence-corrected chi connectivity index (χ4v) is 2.22. The first-order valence-corrected chi connectivity index (χ1v) is 6.82. The van der Waals surface area contributed by atoms with Crippen molar-refractivity contribution in [2.75, 3.05) is 0 Å². The molecule has 0 radical (unpaired) electrons. The number of nitriles is 1. The Kier molecular flexibility index (Phi) is 3.50. The SMILES string of the molecule is CC(C)(C)C1(C)NC(=O)N(Cc2ccc(C#N)cc2)C1=O. The fourth-order valence-electron chi connectivity index (χ4n) is 2.22. The highest BCUT2D eigenvalue weighted by molar-refractivity contribution is 6.07. The molecule has 0 bridgehead atoms. The van der Waals surface area contributed by atoms with Gasteiger partial charge in [0.25, 0.3) is 5.91 Å². The van der Waals surface area contributed by atoms with E-state index in [0.29, 0.717) is 5.56 Å². The van der Waals surface area contributed by atoms with Crippen LogP contribution in [0.1, 0.15) is 38.8 Å². The molecule has 1 aliphatic heterocycles. The molecule has 2 rings (SSSR count). The van der Waals surface area contributed by atoms with Crippen LogP contribution in [0.2, 0.25) is 0 Å². The number of benzene rings is 1. The van der Waals surface area contributed by atoms with Gasteiger partial charge >= 0.3 is 6.03 Å². The molecule has 1 saturated heterocycles. The molecule has 0 aliphatic carbocycles. The standard InChI is InChI=1S/C16H19N3O2/c1-15(2,3)16(4)13(20)19(14(21)18-16)10-12-7-5-11(9-17)6-8-12/h5-8H,10H2,1-4H3,(H,18,21). The lowest BCUT2D eigenvalue weighted by atomic mass is 9.75. The monoisotopic (exact) mass is 285 g/mol. The Morgan fingerprint density at radius 2 is 1.81 bits per heavy atom. The number of rotatable bonds is 2. The van der Waals surface area contributed by atoms with Crippen molar-refractivity contribution < 1.29 is 9.59 Å². The molecule has 0 saturated carbocycles. The number of carbonyl (C=O) groups is 2. The molecule has 21 heavy (non-hydrogen) atoms. The van der Waals surface area contributed by atoms with Crippen LogP contribution in [0.15, 0.2) is 24.3 Å². The van der Waals surface area contributed by atoms with Gasteiger partial charge in [0.1, 0.15) is 5.54 Å². The van der Waals surface area contributed by atoms with Crippen LogP contribution in [-0.4, -0.2) is 22.4 Å². The lowest BCUT2D eigenvalue weighted by molar-refractivity contribution is -0.134. The van der Waals surface area contributed by atoms with Gasteiger partial charge in [-0.25, -0.2) is 4.79 Å². The van der Waals surface area contributed by atoms with Crippen molar-refractivity contribution in [3.05, 3.63) is 35.4 Å². The van der Waals surface area contributed by atoms with Crippen LogP contribution in [0, 0.1) is 16.7 Å². The van der Waals surface area contributed by atoms with Crippen molar-refractivity contribution in [1.82, 2.24) is 10.2 Å². The van der Waals surface area contributed by atoms with E-state index in [4.69, 9.17) is 5.26 Å². The number of hydrogen-bond donors (Lipinski definition) is 1. The van der Waals surface area contributed by atoms with Crippen molar-refractivity contribution in [2.45, 2.75) is 39.8 Å². The fraction of sp³-hybridized carbons (Fsp3) is 0.438. The number of nitrogens with one attached hydrogen (secondary N) is 1. The van der Waals surface area contributed by atoms with Crippen LogP contribution in [0.4, 0.5) is 4.79 Å². The van der Waals surface area contributed by atoms with Crippen LogP contribution in [-0.2, 0) is 11.3 Å². The average Bonchev–Trinajstić information content (AvgIpc) is 2.64. The van der Waals surface area contributed by atoms with Gasteiger partial charge in [0, 0.05) is 0 Å². The lowest BCUT2D eigenvalue weighted by Gasteiger charge is -2.35. The third kappa shape index (κ3) is 2.49. The molecule has 5 nitrogen and oxygen atoms in total. The first kappa shape index (κ1) is 15.0. The van der Waals surface area contributed by atoms with E-state index in [9.17, 15) is 9.59 Å². The summed E-state index contributed by atoms with van der Waals surface area (Å²) in [6.07, 6.45) is 0. The normalized spacial score (nSPS) is 22.1. The van der Waals surface area contributed by atoms with Gasteiger partial charge in [0.15, 0.2) is 0 Å². The van der Waals surface area contributed by atoms with E-state index in [1.54, 1.807) is 31.2 Å². The largest absolute Gasteiger partial charge is 0.325 e. The smallest absolute Gasteiger partial charge is 0.323 e. The van der Waals surface area contributed by atoms with Crippen molar-refractivity contribution in [1.29, 1.82) is 5.26 Å². The first-order valence-electron chi connectivity index (χ1n) is 6.82. The molecule has 5 heteroatoms. The van der Waals surface area contributed by atoms with Gasteiger partial charge in [-0.3, -0.25) is 9.69 Å². The molecular weight excluding hydrogens is 266 g/mol. The molecule has 1 heterocycles. The summed E-state index contributed by atoms with van der Waals surface area (Å²) < 4.78 is 0. The average molecular weight is 285 g/mol. The van der Waals surface area contributed by atoms with Gasteiger partial charge in [-0.2, -0.15) is 5.26 Å². The topological polar surface area (TPSA) is 73.2 Å². The minimum atomic E-state index is -0.906. The number of nitrogens with zero attached hydrogens (tertiary/aromatic N) is 2. The van der Waals surface area contributed by atoms with Crippen LogP contribution >= 0.6 is 0 Å². The highest BCUT2D eigenvalue weighted by Crippen LogP contribution is 2.35. The van der Waals surface area contributed by atoms with Crippen LogP contribution in [0.5, 0.6) is 0 Å². The molecule has 110 valence electrons. The molecule has 1 unspecified atom stereocenters. The molecule has 1 fully saturated rings. The molecule has 3 amide bonds. The maximum Gasteiger partial charge on any atom is 0.325 e. The maximum atomic E-state index is 12.6. The second-order valence-corrected chi connectivity index (χ2v) is 6.51. The number of hydrogen-bond acceptors (Lipinski definition) is 3. The zero-order chi connectivity index (χ0) is 15.8. The summed E-state index contributed by atoms with van der Waals surface area (Å²) in [5.41, 5.74) is 0.0849. The Morgan fingerprint density at radius 1 is 1.24 bits per heavy atom. The molecule has 1 atom stereocenters. The van der Waals surface area contributed by atoms with E-state index in [-0.39, 0.29) is 23.9 Å². The minimum absolute atomic E-state index is 0.210. The van der Waals surface area contributed by atoms with E-state index < -0.39 is 5.54 Å². The van der Waals surface area contributed by atoms with Crippen LogP contribution < -0.4 is 5.32 Å². The third-order valence-electron chi connectivity index (χ3n) is 4.20. The summed E-state index contributed by atoms with van der Waals surface area (Å²) in [6, 6.07) is 8.53. The van der Waals surface area contributed by atoms with Gasteiger partial charge in [0.05, 0.1) is 18.2 Å². The van der Waals surface area contributed by atoms with E-state index in [1.807, 2.05) is 26.8 Å². The first-order chi connectivity index (χ1) is 9.69. The van der Waals surface area contributed by atoms with Gasteiger partial charge in [-0.05, 0) is 30.0 Å². The van der Waals surface area contributed by atoms with Gasteiger partial charge in [-0.1, -0.05) is 32.9 Å². The number of carbonyl (C=O) groups excluding carboxylic acids is 2. The van der Waals surface area contributed by atoms with Gasteiger partial charge in [0.2, 0.25) is 0 Å². The predicted octanol–water partition coefficient (Wildman–Crippen LogP) is 2.41. The Hall–Kier alpha value is -2.35. The van der Waals surface area contributed by atoms with Crippen molar-refractivity contribution in [3.8, 4) is 6.07 Å². The molecule has 0 spiro atoms. The molecule has 1 aromatic rings. The van der Waals surface area contributed by atoms with E-state index >= 15 is 0 Å². The number of imide groups is 1. The zero-order valence-electron chi connectivity index (χ0n) is 12.7. The van der Waals surface area contributed by atoms with Crippen molar-refractivity contribution >= 4 is 11.9 Å². The molecular formula is C16H19N3O2. The molecule has 1 aliphatic rings. The molecule has 0 aromatic heterocycles. The summed E-state index contributed by atoms with van der Waals surface area (Å²) in [7, 11) is 0. The predicted molar refractivity (Wildman–Crippen MR) is 78.1 cm³/mol. The summed E-state index contributed by atoms with van der Waals surface area (Å²) in [6.45, 7) is 7.75. The second-order valence-electron chi connectivity index (χ2n) is 6.51. The Morgan fingerprint density at radius 3 is 2.24 bits per heavy atom. The number of urea groups is 1. The summed E-state index contributed by atoms with van der Waals surface area (Å²) in [5.74, 6) is -0.218. The highest BCUT2D eigenvalue weighted by atomic mass is 16.2. The summed E-state index contributed by atoms with van der Waals surface area (Å²) in [5, 5.41) is 11.6. The quantitative estimate of drug-likeness (QED) is 0.848. The summed E-state index contributed by atoms with van der Waals surface area (Å²) in [4.78, 5) is 25.9. The third-order valence-corrected chi connectivity index (χ3v) is 4.20. The van der Waals surface area contributed by atoms with Gasteiger partial charge < -0.3 is 5.32 Å². The lowest BCUT2D eigenvalue weighted by Crippen LogP contribution is -2.54. The maximum absolute atomic E-state index is 12.6. The van der Waals surface area contributed by atoms with E-state index in [0.717, 1.165) is 5.56 Å². The van der Waals surface area contributed by atoms with Crippen molar-refractivity contribution in [2.24, 2.45) is 5.41 Å². The number of amides is 3. The van der Waals surface area contributed by atoms with Crippen molar-refractivity contribution in [3.63, 3.8) is 0 Å². The van der Waals surface area contributed by atoms with E-state index in [1.165, 1.54) is 4.90 Å². The minimum Gasteiger partial charge on any atom is -0.323 e. The van der Waals surface area contributed by atoms with Crippen LogP contribution in [0.25, 0.3) is 0 Å². The van der Waals surface area contributed by atoms with Gasteiger partial charge in [-0.15, -0.1) is 0 Å². The molecule has 1 N–H and O–H groups in total. The van der Waals surface area contributed by atoms with Crippen LogP contribution in [0.3, 0.4) is 0 Å². The second kappa shape index (κ2) is 4.88. The zero-order valence-corrected chi connectivity index (χ0v) is 12.7. The van der Waals surface area contributed by atoms with E-state index in [2.05, 4.69) is 5.32 Å².